The van der Waals surface area contributed by atoms with Crippen LogP contribution < -0.4 is 0 Å². The Morgan fingerprint density at radius 3 is 2.76 bits per heavy atom. The van der Waals surface area contributed by atoms with E-state index in [9.17, 15) is 4.79 Å². The molecule has 4 aliphatic rings. The summed E-state index contributed by atoms with van der Waals surface area (Å²) in [6, 6.07) is 0.416. The van der Waals surface area contributed by atoms with E-state index in [0.717, 1.165) is 51.6 Å². The third kappa shape index (κ3) is 2.96. The molecule has 1 unspecified atom stereocenters. The molecule has 0 aromatic rings. The lowest BCUT2D eigenvalue weighted by atomic mass is 9.96. The van der Waals surface area contributed by atoms with Crippen LogP contribution in [-0.4, -0.2) is 73.9 Å². The van der Waals surface area contributed by atoms with Gasteiger partial charge in [-0.2, -0.15) is 0 Å². The van der Waals surface area contributed by atoms with E-state index < -0.39 is 0 Å². The number of piperidine rings is 1. The standard InChI is InChI=1S/C16H26N2O3/c19-16(13-4-7-20-11-13)18-5-3-15-14(10-18)17(6-8-21-15)9-12-1-2-12/h12-15H,1-11H2/t13?,14-,15-/m1/s1. The number of carbonyl (C=O) groups excluding carboxylic acids is 1. The zero-order valence-electron chi connectivity index (χ0n) is 12.7. The van der Waals surface area contributed by atoms with Crippen molar-refractivity contribution in [3.05, 3.63) is 0 Å². The molecule has 1 aliphatic carbocycles. The molecule has 21 heavy (non-hydrogen) atoms. The maximum absolute atomic E-state index is 12.6. The summed E-state index contributed by atoms with van der Waals surface area (Å²) >= 11 is 0. The normalized spacial score (nSPS) is 37.5. The van der Waals surface area contributed by atoms with Crippen LogP contribution in [0.3, 0.4) is 0 Å². The Labute approximate surface area is 126 Å². The number of hydrogen-bond donors (Lipinski definition) is 0. The Bertz CT molecular complexity index is 393. The van der Waals surface area contributed by atoms with Crippen LogP contribution in [0, 0.1) is 11.8 Å². The van der Waals surface area contributed by atoms with Gasteiger partial charge in [-0.25, -0.2) is 0 Å². The molecule has 3 heterocycles. The fourth-order valence-corrected chi connectivity index (χ4v) is 3.99. The number of nitrogens with zero attached hydrogens (tertiary/aromatic N) is 2. The number of carbonyl (C=O) groups is 1. The highest BCUT2D eigenvalue weighted by Gasteiger charge is 2.41. The fourth-order valence-electron chi connectivity index (χ4n) is 3.99. The zero-order chi connectivity index (χ0) is 14.2. The van der Waals surface area contributed by atoms with Gasteiger partial charge in [0.05, 0.1) is 31.3 Å². The first-order valence-corrected chi connectivity index (χ1v) is 8.53. The quantitative estimate of drug-likeness (QED) is 0.770. The van der Waals surface area contributed by atoms with Gasteiger partial charge in [-0.1, -0.05) is 0 Å². The molecule has 0 bridgehead atoms. The van der Waals surface area contributed by atoms with Gasteiger partial charge < -0.3 is 14.4 Å². The molecule has 3 atom stereocenters. The van der Waals surface area contributed by atoms with Crippen LogP contribution in [-0.2, 0) is 14.3 Å². The summed E-state index contributed by atoms with van der Waals surface area (Å²) in [7, 11) is 0. The first kappa shape index (κ1) is 14.0. The van der Waals surface area contributed by atoms with E-state index in [0.29, 0.717) is 24.7 Å². The second kappa shape index (κ2) is 5.86. The maximum atomic E-state index is 12.6. The minimum atomic E-state index is 0.0999. The van der Waals surface area contributed by atoms with Gasteiger partial charge in [-0.05, 0) is 31.6 Å². The van der Waals surface area contributed by atoms with Gasteiger partial charge in [0.1, 0.15) is 0 Å². The second-order valence-electron chi connectivity index (χ2n) is 7.05. The Balaban J connectivity index is 1.40. The molecule has 118 valence electrons. The van der Waals surface area contributed by atoms with Crippen LogP contribution in [0.1, 0.15) is 25.7 Å². The first-order chi connectivity index (χ1) is 10.3. The van der Waals surface area contributed by atoms with E-state index in [1.54, 1.807) is 0 Å². The van der Waals surface area contributed by atoms with Crippen molar-refractivity contribution in [3.8, 4) is 0 Å². The van der Waals surface area contributed by atoms with Gasteiger partial charge in [-0.15, -0.1) is 0 Å². The van der Waals surface area contributed by atoms with Crippen molar-refractivity contribution >= 4 is 5.91 Å². The van der Waals surface area contributed by atoms with E-state index in [4.69, 9.17) is 9.47 Å². The van der Waals surface area contributed by atoms with Crippen LogP contribution in [0.5, 0.6) is 0 Å². The summed E-state index contributed by atoms with van der Waals surface area (Å²) in [6.45, 7) is 6.17. The third-order valence-corrected chi connectivity index (χ3v) is 5.48. The van der Waals surface area contributed by atoms with Crippen LogP contribution in [0.15, 0.2) is 0 Å². The van der Waals surface area contributed by atoms with Crippen LogP contribution in [0.2, 0.25) is 0 Å². The predicted molar refractivity (Wildman–Crippen MR) is 77.9 cm³/mol. The van der Waals surface area contributed by atoms with Crippen LogP contribution in [0.25, 0.3) is 0 Å². The van der Waals surface area contributed by atoms with Gasteiger partial charge >= 0.3 is 0 Å². The molecule has 1 saturated carbocycles. The molecule has 0 aromatic carbocycles. The summed E-state index contributed by atoms with van der Waals surface area (Å²) in [4.78, 5) is 17.3. The van der Waals surface area contributed by atoms with E-state index in [-0.39, 0.29) is 5.92 Å². The molecule has 0 N–H and O–H groups in total. The molecule has 5 nitrogen and oxygen atoms in total. The molecule has 5 heteroatoms. The van der Waals surface area contributed by atoms with E-state index >= 15 is 0 Å². The number of fused-ring (bicyclic) bond motifs is 1. The van der Waals surface area contributed by atoms with Gasteiger partial charge in [0.15, 0.2) is 0 Å². The summed E-state index contributed by atoms with van der Waals surface area (Å²) < 4.78 is 11.3. The lowest BCUT2D eigenvalue weighted by Crippen LogP contribution is -2.61. The summed E-state index contributed by atoms with van der Waals surface area (Å²) in [6.07, 6.45) is 4.99. The number of amides is 1. The number of morpholine rings is 1. The molecule has 0 spiro atoms. The Morgan fingerprint density at radius 2 is 2.00 bits per heavy atom. The first-order valence-electron chi connectivity index (χ1n) is 8.53. The van der Waals surface area contributed by atoms with Crippen molar-refractivity contribution in [1.82, 2.24) is 9.80 Å². The molecule has 1 amide bonds. The monoisotopic (exact) mass is 294 g/mol. The van der Waals surface area contributed by atoms with Crippen molar-refractivity contribution in [2.45, 2.75) is 37.8 Å². The van der Waals surface area contributed by atoms with Gasteiger partial charge in [-0.3, -0.25) is 9.69 Å². The number of ether oxygens (including phenoxy) is 2. The van der Waals surface area contributed by atoms with E-state index in [1.165, 1.54) is 19.4 Å². The zero-order valence-corrected chi connectivity index (χ0v) is 12.7. The number of likely N-dealkylation sites (tertiary alicyclic amines) is 1. The lowest BCUT2D eigenvalue weighted by molar-refractivity contribution is -0.146. The van der Waals surface area contributed by atoms with Crippen molar-refractivity contribution in [3.63, 3.8) is 0 Å². The Kier molecular flexibility index (Phi) is 3.90. The number of hydrogen-bond acceptors (Lipinski definition) is 4. The number of rotatable bonds is 3. The van der Waals surface area contributed by atoms with Crippen LogP contribution >= 0.6 is 0 Å². The highest BCUT2D eigenvalue weighted by atomic mass is 16.5. The molecule has 0 radical (unpaired) electrons. The topological polar surface area (TPSA) is 42.0 Å². The third-order valence-electron chi connectivity index (χ3n) is 5.48. The summed E-state index contributed by atoms with van der Waals surface area (Å²) in [5.41, 5.74) is 0. The maximum Gasteiger partial charge on any atom is 0.228 e. The highest BCUT2D eigenvalue weighted by molar-refractivity contribution is 5.79. The minimum Gasteiger partial charge on any atom is -0.381 e. The molecular weight excluding hydrogens is 268 g/mol. The van der Waals surface area contributed by atoms with Crippen molar-refractivity contribution < 1.29 is 14.3 Å². The highest BCUT2D eigenvalue weighted by Crippen LogP contribution is 2.33. The summed E-state index contributed by atoms with van der Waals surface area (Å²) in [5, 5.41) is 0. The molecule has 4 fully saturated rings. The van der Waals surface area contributed by atoms with Crippen molar-refractivity contribution in [1.29, 1.82) is 0 Å². The molecule has 3 aliphatic heterocycles. The molecule has 4 rings (SSSR count). The van der Waals surface area contributed by atoms with Gasteiger partial charge in [0.2, 0.25) is 5.91 Å². The van der Waals surface area contributed by atoms with Gasteiger partial charge in [0.25, 0.3) is 0 Å². The fraction of sp³-hybridized carbons (Fsp3) is 0.938. The van der Waals surface area contributed by atoms with Crippen molar-refractivity contribution in [2.24, 2.45) is 11.8 Å². The second-order valence-corrected chi connectivity index (χ2v) is 7.05. The van der Waals surface area contributed by atoms with Gasteiger partial charge in [0, 0.05) is 32.8 Å². The SMILES string of the molecule is O=C(C1CCOC1)N1CC[C@H]2OCCN(CC3CC3)[C@@H]2C1. The van der Waals surface area contributed by atoms with E-state index in [1.807, 2.05) is 0 Å². The Hall–Kier alpha value is -0.650. The smallest absolute Gasteiger partial charge is 0.228 e. The average molecular weight is 294 g/mol. The molecule has 0 aromatic heterocycles. The average Bonchev–Trinajstić information content (AvgIpc) is 3.16. The van der Waals surface area contributed by atoms with Crippen LogP contribution in [0.4, 0.5) is 0 Å². The Morgan fingerprint density at radius 1 is 1.10 bits per heavy atom. The van der Waals surface area contributed by atoms with Crippen molar-refractivity contribution in [2.75, 3.05) is 46.0 Å². The largest absolute Gasteiger partial charge is 0.381 e. The summed E-state index contributed by atoms with van der Waals surface area (Å²) in [5.74, 6) is 1.31. The molecule has 3 saturated heterocycles. The predicted octanol–water partition coefficient (Wildman–Crippen LogP) is 0.735. The minimum absolute atomic E-state index is 0.0999. The van der Waals surface area contributed by atoms with E-state index in [2.05, 4.69) is 9.80 Å². The molecular formula is C16H26N2O3. The lowest BCUT2D eigenvalue weighted by Gasteiger charge is -2.47.